The fraction of sp³-hybridized carbons (Fsp3) is 0.833. The van der Waals surface area contributed by atoms with Gasteiger partial charge in [-0.3, -0.25) is 0 Å². The van der Waals surface area contributed by atoms with Gasteiger partial charge in [0.2, 0.25) is 5.89 Å². The number of aryl methyl sites for hydroxylation is 1. The molecule has 0 aliphatic rings. The summed E-state index contributed by atoms with van der Waals surface area (Å²) >= 11 is 0. The number of rotatable bonds is 9. The van der Waals surface area contributed by atoms with Gasteiger partial charge < -0.3 is 9.63 Å². The maximum Gasteiger partial charge on any atom is 0.226 e. The van der Waals surface area contributed by atoms with Gasteiger partial charge in [0.1, 0.15) is 6.61 Å². The number of aliphatic hydroxyl groups is 1. The predicted octanol–water partition coefficient (Wildman–Crippen LogP) is 2.86. The first-order chi connectivity index (χ1) is 7.86. The highest BCUT2D eigenvalue weighted by molar-refractivity contribution is 4.83. The summed E-state index contributed by atoms with van der Waals surface area (Å²) in [6.45, 7) is 2.09. The quantitative estimate of drug-likeness (QED) is 0.658. The second-order valence-electron chi connectivity index (χ2n) is 4.13. The average molecular weight is 226 g/mol. The van der Waals surface area contributed by atoms with E-state index in [1.807, 2.05) is 0 Å². The highest BCUT2D eigenvalue weighted by Crippen LogP contribution is 2.09. The SMILES string of the molecule is CCCCCCCCCc1nc(CO)no1. The van der Waals surface area contributed by atoms with Gasteiger partial charge in [-0.25, -0.2) is 0 Å². The van der Waals surface area contributed by atoms with E-state index in [2.05, 4.69) is 17.1 Å². The van der Waals surface area contributed by atoms with E-state index >= 15 is 0 Å². The molecule has 0 saturated heterocycles. The number of nitrogens with zero attached hydrogens (tertiary/aromatic N) is 2. The lowest BCUT2D eigenvalue weighted by molar-refractivity contribution is 0.262. The fourth-order valence-corrected chi connectivity index (χ4v) is 1.69. The van der Waals surface area contributed by atoms with Gasteiger partial charge in [-0.05, 0) is 6.42 Å². The van der Waals surface area contributed by atoms with Crippen LogP contribution in [-0.4, -0.2) is 15.2 Å². The van der Waals surface area contributed by atoms with Crippen molar-refractivity contribution >= 4 is 0 Å². The molecule has 1 aromatic rings. The lowest BCUT2D eigenvalue weighted by atomic mass is 10.1. The lowest BCUT2D eigenvalue weighted by Crippen LogP contribution is -1.89. The Morgan fingerprint density at radius 1 is 1.06 bits per heavy atom. The van der Waals surface area contributed by atoms with Crippen LogP contribution < -0.4 is 0 Å². The van der Waals surface area contributed by atoms with Crippen LogP contribution in [0.15, 0.2) is 4.52 Å². The second kappa shape index (κ2) is 8.28. The number of hydrogen-bond donors (Lipinski definition) is 1. The molecule has 1 aromatic heterocycles. The zero-order valence-corrected chi connectivity index (χ0v) is 10.1. The van der Waals surface area contributed by atoms with Crippen LogP contribution >= 0.6 is 0 Å². The minimum atomic E-state index is -0.138. The van der Waals surface area contributed by atoms with Crippen molar-refractivity contribution < 1.29 is 9.63 Å². The van der Waals surface area contributed by atoms with Crippen LogP contribution in [0.2, 0.25) is 0 Å². The number of aliphatic hydroxyl groups excluding tert-OH is 1. The fourth-order valence-electron chi connectivity index (χ4n) is 1.69. The Balaban J connectivity index is 1.98. The topological polar surface area (TPSA) is 59.2 Å². The van der Waals surface area contributed by atoms with Crippen molar-refractivity contribution in [1.29, 1.82) is 0 Å². The molecule has 1 rings (SSSR count). The summed E-state index contributed by atoms with van der Waals surface area (Å²) in [5.74, 6) is 1.04. The zero-order valence-electron chi connectivity index (χ0n) is 10.1. The Labute approximate surface area is 97.1 Å². The molecule has 0 fully saturated rings. The van der Waals surface area contributed by atoms with Crippen molar-refractivity contribution in [3.63, 3.8) is 0 Å². The van der Waals surface area contributed by atoms with Gasteiger partial charge in [0, 0.05) is 6.42 Å². The molecule has 16 heavy (non-hydrogen) atoms. The molecule has 4 heteroatoms. The van der Waals surface area contributed by atoms with Gasteiger partial charge in [-0.1, -0.05) is 50.6 Å². The van der Waals surface area contributed by atoms with Crippen LogP contribution in [0.3, 0.4) is 0 Å². The molecule has 0 unspecified atom stereocenters. The van der Waals surface area contributed by atoms with Crippen molar-refractivity contribution in [3.05, 3.63) is 11.7 Å². The Hall–Kier alpha value is -0.900. The molecule has 92 valence electrons. The van der Waals surface area contributed by atoms with Crippen molar-refractivity contribution in [2.75, 3.05) is 0 Å². The standard InChI is InChI=1S/C12H22N2O2/c1-2-3-4-5-6-7-8-9-12-13-11(10-15)14-16-12/h15H,2-10H2,1H3. The zero-order chi connectivity index (χ0) is 11.6. The summed E-state index contributed by atoms with van der Waals surface area (Å²) in [5.41, 5.74) is 0. The molecule has 0 aliphatic carbocycles. The van der Waals surface area contributed by atoms with Crippen LogP contribution in [-0.2, 0) is 13.0 Å². The van der Waals surface area contributed by atoms with E-state index in [1.54, 1.807) is 0 Å². The Kier molecular flexibility index (Phi) is 6.81. The third kappa shape index (κ3) is 5.26. The van der Waals surface area contributed by atoms with E-state index in [1.165, 1.54) is 38.5 Å². The monoisotopic (exact) mass is 226 g/mol. The van der Waals surface area contributed by atoms with Gasteiger partial charge in [0.05, 0.1) is 0 Å². The average Bonchev–Trinajstić information content (AvgIpc) is 2.76. The molecule has 1 heterocycles. The minimum Gasteiger partial charge on any atom is -0.388 e. The largest absolute Gasteiger partial charge is 0.388 e. The van der Waals surface area contributed by atoms with Crippen molar-refractivity contribution in [3.8, 4) is 0 Å². The summed E-state index contributed by atoms with van der Waals surface area (Å²) in [4.78, 5) is 4.05. The van der Waals surface area contributed by atoms with E-state index in [9.17, 15) is 0 Å². The third-order valence-corrected chi connectivity index (χ3v) is 2.65. The highest BCUT2D eigenvalue weighted by atomic mass is 16.5. The van der Waals surface area contributed by atoms with Crippen molar-refractivity contribution in [2.24, 2.45) is 0 Å². The van der Waals surface area contributed by atoms with E-state index in [-0.39, 0.29) is 6.61 Å². The van der Waals surface area contributed by atoms with E-state index in [0.717, 1.165) is 12.8 Å². The smallest absolute Gasteiger partial charge is 0.226 e. The Bertz CT molecular complexity index is 274. The molecule has 0 aromatic carbocycles. The van der Waals surface area contributed by atoms with Crippen LogP contribution in [0.5, 0.6) is 0 Å². The van der Waals surface area contributed by atoms with Crippen LogP contribution in [0, 0.1) is 0 Å². The number of unbranched alkanes of at least 4 members (excludes halogenated alkanes) is 6. The van der Waals surface area contributed by atoms with Gasteiger partial charge >= 0.3 is 0 Å². The van der Waals surface area contributed by atoms with Crippen molar-refractivity contribution in [2.45, 2.75) is 64.9 Å². The summed E-state index contributed by atoms with van der Waals surface area (Å²) in [6.07, 6.45) is 9.78. The molecule has 0 bridgehead atoms. The lowest BCUT2D eigenvalue weighted by Gasteiger charge is -1.98. The molecule has 0 saturated carbocycles. The van der Waals surface area contributed by atoms with Gasteiger partial charge in [0.25, 0.3) is 0 Å². The molecule has 0 aliphatic heterocycles. The maximum atomic E-state index is 8.76. The van der Waals surface area contributed by atoms with Crippen LogP contribution in [0.25, 0.3) is 0 Å². The number of aromatic nitrogens is 2. The molecular formula is C12H22N2O2. The summed E-state index contributed by atoms with van der Waals surface area (Å²) in [6, 6.07) is 0. The van der Waals surface area contributed by atoms with E-state index in [4.69, 9.17) is 9.63 Å². The van der Waals surface area contributed by atoms with Crippen LogP contribution in [0.1, 0.15) is 63.6 Å². The Morgan fingerprint density at radius 2 is 1.75 bits per heavy atom. The molecular weight excluding hydrogens is 204 g/mol. The molecule has 1 N–H and O–H groups in total. The maximum absolute atomic E-state index is 8.76. The second-order valence-corrected chi connectivity index (χ2v) is 4.13. The summed E-state index contributed by atoms with van der Waals surface area (Å²) in [5, 5.41) is 12.4. The third-order valence-electron chi connectivity index (χ3n) is 2.65. The molecule has 0 amide bonds. The van der Waals surface area contributed by atoms with Crippen LogP contribution in [0.4, 0.5) is 0 Å². The summed E-state index contributed by atoms with van der Waals surface area (Å²) < 4.78 is 4.98. The minimum absolute atomic E-state index is 0.138. The van der Waals surface area contributed by atoms with E-state index in [0.29, 0.717) is 11.7 Å². The predicted molar refractivity (Wildman–Crippen MR) is 61.9 cm³/mol. The van der Waals surface area contributed by atoms with Gasteiger partial charge in [0.15, 0.2) is 5.82 Å². The normalized spacial score (nSPS) is 10.9. The molecule has 0 spiro atoms. The first kappa shape index (κ1) is 13.2. The van der Waals surface area contributed by atoms with Gasteiger partial charge in [-0.15, -0.1) is 0 Å². The first-order valence-electron chi connectivity index (χ1n) is 6.29. The highest BCUT2D eigenvalue weighted by Gasteiger charge is 2.03. The number of hydrogen-bond acceptors (Lipinski definition) is 4. The first-order valence-corrected chi connectivity index (χ1v) is 6.29. The van der Waals surface area contributed by atoms with Gasteiger partial charge in [-0.2, -0.15) is 4.98 Å². The Morgan fingerprint density at radius 3 is 2.38 bits per heavy atom. The molecule has 4 nitrogen and oxygen atoms in total. The van der Waals surface area contributed by atoms with E-state index < -0.39 is 0 Å². The van der Waals surface area contributed by atoms with Crippen molar-refractivity contribution in [1.82, 2.24) is 10.1 Å². The summed E-state index contributed by atoms with van der Waals surface area (Å²) in [7, 11) is 0. The molecule has 0 atom stereocenters. The molecule has 0 radical (unpaired) electrons.